The predicted octanol–water partition coefficient (Wildman–Crippen LogP) is -0.152. The van der Waals surface area contributed by atoms with Crippen molar-refractivity contribution < 1.29 is 9.78 Å². The van der Waals surface area contributed by atoms with E-state index in [1.807, 2.05) is 11.9 Å². The lowest BCUT2D eigenvalue weighted by Gasteiger charge is -2.33. The number of nitrogens with two attached hydrogens (primary N) is 2. The van der Waals surface area contributed by atoms with E-state index in [0.717, 1.165) is 25.9 Å². The maximum atomic E-state index is 5.99. The van der Waals surface area contributed by atoms with Gasteiger partial charge in [0.15, 0.2) is 5.76 Å². The zero-order chi connectivity index (χ0) is 12.7. The number of nitrogens with zero attached hydrogens (tertiary/aromatic N) is 1. The molecule has 0 aromatic carbocycles. The molecule has 0 radical (unpaired) electrons. The van der Waals surface area contributed by atoms with Crippen molar-refractivity contribution in [2.75, 3.05) is 27.2 Å². The SMILES string of the molecule is COOC(=C/N)/C=C(\N)N(C)C1CCNCC1. The fourth-order valence-corrected chi connectivity index (χ4v) is 1.85. The van der Waals surface area contributed by atoms with E-state index in [4.69, 9.17) is 16.4 Å². The van der Waals surface area contributed by atoms with E-state index in [-0.39, 0.29) is 0 Å². The van der Waals surface area contributed by atoms with Crippen LogP contribution in [0.5, 0.6) is 0 Å². The van der Waals surface area contributed by atoms with Crippen molar-refractivity contribution in [2.45, 2.75) is 18.9 Å². The lowest BCUT2D eigenvalue weighted by atomic mass is 10.1. The van der Waals surface area contributed by atoms with Gasteiger partial charge in [-0.2, -0.15) is 4.89 Å². The first-order valence-corrected chi connectivity index (χ1v) is 5.72. The van der Waals surface area contributed by atoms with E-state index in [9.17, 15) is 0 Å². The summed E-state index contributed by atoms with van der Waals surface area (Å²) in [4.78, 5) is 11.4. The van der Waals surface area contributed by atoms with Gasteiger partial charge in [-0.05, 0) is 25.9 Å². The minimum absolute atomic E-state index is 0.394. The van der Waals surface area contributed by atoms with E-state index < -0.39 is 0 Å². The van der Waals surface area contributed by atoms with Crippen LogP contribution >= 0.6 is 0 Å². The monoisotopic (exact) mass is 242 g/mol. The van der Waals surface area contributed by atoms with Gasteiger partial charge < -0.3 is 26.6 Å². The van der Waals surface area contributed by atoms with Gasteiger partial charge in [-0.1, -0.05) is 0 Å². The Labute approximate surface area is 102 Å². The van der Waals surface area contributed by atoms with Crippen LogP contribution in [-0.2, 0) is 9.78 Å². The van der Waals surface area contributed by atoms with Crippen LogP contribution < -0.4 is 16.8 Å². The quantitative estimate of drug-likeness (QED) is 0.269. The Morgan fingerprint density at radius 1 is 1.41 bits per heavy atom. The molecule has 17 heavy (non-hydrogen) atoms. The first-order chi connectivity index (χ1) is 8.19. The highest BCUT2D eigenvalue weighted by Crippen LogP contribution is 2.13. The molecule has 1 rings (SSSR count). The summed E-state index contributed by atoms with van der Waals surface area (Å²) in [6.07, 6.45) is 5.13. The Kier molecular flexibility index (Phi) is 5.65. The van der Waals surface area contributed by atoms with Gasteiger partial charge in [-0.25, -0.2) is 0 Å². The summed E-state index contributed by atoms with van der Waals surface area (Å²) in [6.45, 7) is 2.05. The molecular weight excluding hydrogens is 220 g/mol. The molecule has 1 saturated heterocycles. The van der Waals surface area contributed by atoms with E-state index in [0.29, 0.717) is 17.6 Å². The Hall–Kier alpha value is -1.40. The molecule has 0 bridgehead atoms. The molecule has 6 heteroatoms. The summed E-state index contributed by atoms with van der Waals surface area (Å²) >= 11 is 0. The first kappa shape index (κ1) is 13.7. The van der Waals surface area contributed by atoms with Gasteiger partial charge >= 0.3 is 0 Å². The molecule has 6 nitrogen and oxygen atoms in total. The molecule has 0 saturated carbocycles. The molecule has 98 valence electrons. The van der Waals surface area contributed by atoms with E-state index in [2.05, 4.69) is 10.2 Å². The van der Waals surface area contributed by atoms with Crippen molar-refractivity contribution in [3.05, 3.63) is 23.9 Å². The average Bonchev–Trinajstić information content (AvgIpc) is 2.38. The van der Waals surface area contributed by atoms with E-state index in [1.165, 1.54) is 13.3 Å². The maximum Gasteiger partial charge on any atom is 0.184 e. The fraction of sp³-hybridized carbons (Fsp3) is 0.636. The smallest absolute Gasteiger partial charge is 0.184 e. The van der Waals surface area contributed by atoms with Crippen molar-refractivity contribution in [3.63, 3.8) is 0 Å². The van der Waals surface area contributed by atoms with Crippen LogP contribution in [0.25, 0.3) is 0 Å². The molecule has 0 aromatic heterocycles. The second kappa shape index (κ2) is 7.03. The normalized spacial score (nSPS) is 19.2. The van der Waals surface area contributed by atoms with Gasteiger partial charge in [0.1, 0.15) is 5.82 Å². The molecule has 1 aliphatic rings. The molecule has 0 atom stereocenters. The molecule has 0 spiro atoms. The summed E-state index contributed by atoms with van der Waals surface area (Å²) in [7, 11) is 3.40. The number of rotatable bonds is 5. The van der Waals surface area contributed by atoms with Crippen molar-refractivity contribution in [1.29, 1.82) is 0 Å². The standard InChI is InChI=1S/C11H22N4O2/c1-15(9-3-5-14-6-4-9)11(13)7-10(8-12)17-16-2/h7-9,14H,3-6,12-13H2,1-2H3/b10-8+,11-7+. The molecule has 0 unspecified atom stereocenters. The number of hydrogen-bond acceptors (Lipinski definition) is 6. The lowest BCUT2D eigenvalue weighted by Crippen LogP contribution is -2.42. The van der Waals surface area contributed by atoms with Crippen molar-refractivity contribution in [2.24, 2.45) is 11.5 Å². The molecule has 1 fully saturated rings. The molecular formula is C11H22N4O2. The average molecular weight is 242 g/mol. The largest absolute Gasteiger partial charge is 0.402 e. The number of nitrogens with one attached hydrogen (secondary N) is 1. The number of piperidine rings is 1. The van der Waals surface area contributed by atoms with E-state index >= 15 is 0 Å². The van der Waals surface area contributed by atoms with Crippen LogP contribution in [0.1, 0.15) is 12.8 Å². The van der Waals surface area contributed by atoms with Crippen molar-refractivity contribution >= 4 is 0 Å². The first-order valence-electron chi connectivity index (χ1n) is 5.72. The minimum atomic E-state index is 0.394. The van der Waals surface area contributed by atoms with Crippen molar-refractivity contribution in [1.82, 2.24) is 10.2 Å². The predicted molar refractivity (Wildman–Crippen MR) is 66.3 cm³/mol. The Balaban J connectivity index is 2.60. The van der Waals surface area contributed by atoms with Crippen molar-refractivity contribution in [3.8, 4) is 0 Å². The van der Waals surface area contributed by atoms with Crippen LogP contribution in [0.2, 0.25) is 0 Å². The van der Waals surface area contributed by atoms with Gasteiger partial charge in [-0.15, -0.1) is 0 Å². The van der Waals surface area contributed by atoms with Crippen LogP contribution in [0.3, 0.4) is 0 Å². The highest BCUT2D eigenvalue weighted by atomic mass is 17.2. The van der Waals surface area contributed by atoms with Gasteiger partial charge in [0.25, 0.3) is 0 Å². The fourth-order valence-electron chi connectivity index (χ4n) is 1.85. The second-order valence-corrected chi connectivity index (χ2v) is 3.98. The highest BCUT2D eigenvalue weighted by Gasteiger charge is 2.18. The van der Waals surface area contributed by atoms with Gasteiger partial charge in [0, 0.05) is 25.4 Å². The highest BCUT2D eigenvalue weighted by molar-refractivity contribution is 5.15. The zero-order valence-electron chi connectivity index (χ0n) is 10.5. The molecule has 0 amide bonds. The molecule has 5 N–H and O–H groups in total. The topological polar surface area (TPSA) is 85.8 Å². The third kappa shape index (κ3) is 4.16. The third-order valence-corrected chi connectivity index (χ3v) is 2.90. The van der Waals surface area contributed by atoms with Gasteiger partial charge in [-0.3, -0.25) is 0 Å². The van der Waals surface area contributed by atoms with Gasteiger partial charge in [0.2, 0.25) is 0 Å². The summed E-state index contributed by atoms with van der Waals surface area (Å²) in [5.41, 5.74) is 11.4. The lowest BCUT2D eigenvalue weighted by molar-refractivity contribution is -0.233. The summed E-state index contributed by atoms with van der Waals surface area (Å²) in [5, 5.41) is 3.32. The van der Waals surface area contributed by atoms with Crippen LogP contribution in [0.4, 0.5) is 0 Å². The Morgan fingerprint density at radius 2 is 2.06 bits per heavy atom. The van der Waals surface area contributed by atoms with Crippen LogP contribution in [-0.4, -0.2) is 38.2 Å². The Morgan fingerprint density at radius 3 is 2.59 bits per heavy atom. The molecule has 1 heterocycles. The van der Waals surface area contributed by atoms with E-state index in [1.54, 1.807) is 6.08 Å². The summed E-state index contributed by atoms with van der Waals surface area (Å²) in [6, 6.07) is 0.453. The van der Waals surface area contributed by atoms with Crippen LogP contribution in [0, 0.1) is 0 Å². The molecule has 1 aliphatic heterocycles. The Bertz CT molecular complexity index is 285. The summed E-state index contributed by atoms with van der Waals surface area (Å²) in [5.74, 6) is 1.01. The molecule has 0 aromatic rings. The van der Waals surface area contributed by atoms with Crippen LogP contribution in [0.15, 0.2) is 23.9 Å². The summed E-state index contributed by atoms with van der Waals surface area (Å²) < 4.78 is 0. The zero-order valence-corrected chi connectivity index (χ0v) is 10.5. The van der Waals surface area contributed by atoms with Gasteiger partial charge in [0.05, 0.1) is 7.11 Å². The maximum absolute atomic E-state index is 5.99. The second-order valence-electron chi connectivity index (χ2n) is 3.98. The minimum Gasteiger partial charge on any atom is -0.402 e. The number of hydrogen-bond donors (Lipinski definition) is 3. The number of allylic oxidation sites excluding steroid dienone is 1. The third-order valence-electron chi connectivity index (χ3n) is 2.90. The molecule has 0 aliphatic carbocycles.